The molecule has 3 amide bonds. The zero-order valence-electron chi connectivity index (χ0n) is 20.8. The maximum absolute atomic E-state index is 12.6. The normalized spacial score (nSPS) is 15.8. The van der Waals surface area contributed by atoms with E-state index in [0.29, 0.717) is 37.3 Å². The average Bonchev–Trinajstić information content (AvgIpc) is 2.85. The number of carbonyl (C=O) groups is 4. The van der Waals surface area contributed by atoms with Gasteiger partial charge >= 0.3 is 5.97 Å². The van der Waals surface area contributed by atoms with Crippen LogP contribution in [0.5, 0.6) is 0 Å². The molecular weight excluding hydrogens is 460 g/mol. The number of amides is 3. The van der Waals surface area contributed by atoms with E-state index >= 15 is 0 Å². The zero-order chi connectivity index (χ0) is 25.9. The molecule has 1 aliphatic heterocycles. The Kier molecular flexibility index (Phi) is 10.00. The van der Waals surface area contributed by atoms with Crippen LogP contribution in [0.2, 0.25) is 0 Å². The summed E-state index contributed by atoms with van der Waals surface area (Å²) in [6.07, 6.45) is 0.925. The van der Waals surface area contributed by atoms with Gasteiger partial charge in [-0.25, -0.2) is 0 Å². The van der Waals surface area contributed by atoms with E-state index < -0.39 is 12.0 Å². The van der Waals surface area contributed by atoms with Crippen molar-refractivity contribution < 1.29 is 23.9 Å². The van der Waals surface area contributed by atoms with Gasteiger partial charge in [-0.3, -0.25) is 24.1 Å². The zero-order valence-corrected chi connectivity index (χ0v) is 20.8. The van der Waals surface area contributed by atoms with Crippen molar-refractivity contribution in [2.75, 3.05) is 36.9 Å². The number of carbonyl (C=O) groups excluding carboxylic acids is 4. The number of nitrogens with one attached hydrogen (secondary N) is 3. The van der Waals surface area contributed by atoms with Crippen LogP contribution >= 0.6 is 0 Å². The van der Waals surface area contributed by atoms with Crippen molar-refractivity contribution in [2.45, 2.75) is 39.2 Å². The standard InChI is InChI=1S/C27H34N4O5/c1-19(2)18-36-26(34)16-23-27(35)28-14-15-31(23)17-25(33)30-22-11-9-21(10-12-22)29-24(32)13-8-20-6-4-3-5-7-20/h3-7,9-12,19,23H,8,13-18H2,1-2H3,(H,28,35)(H,29,32)(H,30,33). The number of esters is 1. The van der Waals surface area contributed by atoms with E-state index in [9.17, 15) is 19.2 Å². The van der Waals surface area contributed by atoms with Crippen molar-refractivity contribution in [3.8, 4) is 0 Å². The van der Waals surface area contributed by atoms with Gasteiger partial charge in [-0.15, -0.1) is 0 Å². The van der Waals surface area contributed by atoms with E-state index in [1.807, 2.05) is 44.2 Å². The number of rotatable bonds is 11. The number of nitrogens with zero attached hydrogens (tertiary/aromatic N) is 1. The highest BCUT2D eigenvalue weighted by atomic mass is 16.5. The molecule has 3 N–H and O–H groups in total. The lowest BCUT2D eigenvalue weighted by Gasteiger charge is -2.33. The largest absolute Gasteiger partial charge is 0.465 e. The second kappa shape index (κ2) is 13.4. The van der Waals surface area contributed by atoms with E-state index in [1.165, 1.54) is 0 Å². The molecule has 0 radical (unpaired) electrons. The van der Waals surface area contributed by atoms with Crippen molar-refractivity contribution in [1.29, 1.82) is 0 Å². The molecule has 2 aromatic rings. The van der Waals surface area contributed by atoms with Crippen LogP contribution in [0.4, 0.5) is 11.4 Å². The highest BCUT2D eigenvalue weighted by Gasteiger charge is 2.33. The minimum absolute atomic E-state index is 0.0342. The quantitative estimate of drug-likeness (QED) is 0.414. The molecule has 2 aromatic carbocycles. The van der Waals surface area contributed by atoms with E-state index in [1.54, 1.807) is 29.2 Å². The third-order valence-electron chi connectivity index (χ3n) is 5.66. The second-order valence-corrected chi connectivity index (χ2v) is 9.22. The topological polar surface area (TPSA) is 117 Å². The Balaban J connectivity index is 1.47. The van der Waals surface area contributed by atoms with Crippen LogP contribution in [0, 0.1) is 5.92 Å². The molecule has 0 bridgehead atoms. The van der Waals surface area contributed by atoms with E-state index in [2.05, 4.69) is 16.0 Å². The number of anilines is 2. The van der Waals surface area contributed by atoms with Gasteiger partial charge < -0.3 is 20.7 Å². The number of piperazine rings is 1. The van der Waals surface area contributed by atoms with Gasteiger partial charge in [0.25, 0.3) is 0 Å². The van der Waals surface area contributed by atoms with E-state index in [0.717, 1.165) is 5.56 Å². The minimum Gasteiger partial charge on any atom is -0.465 e. The molecule has 1 saturated heterocycles. The molecule has 1 unspecified atom stereocenters. The molecule has 36 heavy (non-hydrogen) atoms. The molecule has 1 heterocycles. The third kappa shape index (κ3) is 8.81. The Morgan fingerprint density at radius 3 is 2.28 bits per heavy atom. The predicted octanol–water partition coefficient (Wildman–Crippen LogP) is 2.59. The second-order valence-electron chi connectivity index (χ2n) is 9.22. The Morgan fingerprint density at radius 2 is 1.64 bits per heavy atom. The minimum atomic E-state index is -0.752. The molecule has 0 spiro atoms. The summed E-state index contributed by atoms with van der Waals surface area (Å²) in [5.41, 5.74) is 2.31. The fourth-order valence-corrected chi connectivity index (χ4v) is 3.80. The first kappa shape index (κ1) is 26.9. The van der Waals surface area contributed by atoms with Crippen LogP contribution in [0.15, 0.2) is 54.6 Å². The van der Waals surface area contributed by atoms with Crippen LogP contribution in [-0.2, 0) is 30.3 Å². The number of hydrogen-bond donors (Lipinski definition) is 3. The Hall–Kier alpha value is -3.72. The van der Waals surface area contributed by atoms with Crippen LogP contribution in [0.25, 0.3) is 0 Å². The third-order valence-corrected chi connectivity index (χ3v) is 5.66. The van der Waals surface area contributed by atoms with Crippen LogP contribution < -0.4 is 16.0 Å². The summed E-state index contributed by atoms with van der Waals surface area (Å²) in [5, 5.41) is 8.40. The monoisotopic (exact) mass is 494 g/mol. The smallest absolute Gasteiger partial charge is 0.307 e. The fourth-order valence-electron chi connectivity index (χ4n) is 3.80. The summed E-state index contributed by atoms with van der Waals surface area (Å²) in [6, 6.07) is 15.9. The lowest BCUT2D eigenvalue weighted by atomic mass is 10.1. The molecule has 0 aliphatic carbocycles. The lowest BCUT2D eigenvalue weighted by Crippen LogP contribution is -2.57. The maximum Gasteiger partial charge on any atom is 0.307 e. The van der Waals surface area contributed by atoms with Crippen molar-refractivity contribution in [3.05, 3.63) is 60.2 Å². The summed E-state index contributed by atoms with van der Waals surface area (Å²) < 4.78 is 5.20. The average molecular weight is 495 g/mol. The lowest BCUT2D eigenvalue weighted by molar-refractivity contribution is -0.149. The summed E-state index contributed by atoms with van der Waals surface area (Å²) in [6.45, 7) is 4.98. The first-order chi connectivity index (χ1) is 17.3. The SMILES string of the molecule is CC(C)COC(=O)CC1C(=O)NCCN1CC(=O)Nc1ccc(NC(=O)CCc2ccccc2)cc1. The summed E-state index contributed by atoms with van der Waals surface area (Å²) in [5.74, 6) is -0.938. The highest BCUT2D eigenvalue weighted by Crippen LogP contribution is 2.16. The highest BCUT2D eigenvalue weighted by molar-refractivity contribution is 5.94. The van der Waals surface area contributed by atoms with Gasteiger partial charge in [-0.2, -0.15) is 0 Å². The molecule has 0 saturated carbocycles. The van der Waals surface area contributed by atoms with Gasteiger partial charge in [-0.05, 0) is 42.2 Å². The number of benzene rings is 2. The molecule has 1 fully saturated rings. The van der Waals surface area contributed by atoms with Gasteiger partial charge in [0, 0.05) is 30.9 Å². The summed E-state index contributed by atoms with van der Waals surface area (Å²) in [7, 11) is 0. The van der Waals surface area contributed by atoms with Gasteiger partial charge in [0.05, 0.1) is 19.6 Å². The maximum atomic E-state index is 12.6. The van der Waals surface area contributed by atoms with Gasteiger partial charge in [-0.1, -0.05) is 44.2 Å². The molecule has 1 atom stereocenters. The van der Waals surface area contributed by atoms with Gasteiger partial charge in [0.1, 0.15) is 6.04 Å². The Labute approximate surface area is 211 Å². The molecular formula is C27H34N4O5. The van der Waals surface area contributed by atoms with Crippen LogP contribution in [0.3, 0.4) is 0 Å². The fraction of sp³-hybridized carbons (Fsp3) is 0.407. The van der Waals surface area contributed by atoms with Crippen molar-refractivity contribution >= 4 is 35.1 Å². The molecule has 9 heteroatoms. The summed E-state index contributed by atoms with van der Waals surface area (Å²) in [4.78, 5) is 51.0. The number of hydrogen-bond acceptors (Lipinski definition) is 6. The predicted molar refractivity (Wildman–Crippen MR) is 137 cm³/mol. The van der Waals surface area contributed by atoms with Crippen molar-refractivity contribution in [2.24, 2.45) is 5.92 Å². The van der Waals surface area contributed by atoms with Crippen molar-refractivity contribution in [3.63, 3.8) is 0 Å². The van der Waals surface area contributed by atoms with Gasteiger partial charge in [0.15, 0.2) is 0 Å². The van der Waals surface area contributed by atoms with Crippen molar-refractivity contribution in [1.82, 2.24) is 10.2 Å². The molecule has 0 aromatic heterocycles. The molecule has 3 rings (SSSR count). The van der Waals surface area contributed by atoms with Crippen LogP contribution in [0.1, 0.15) is 32.3 Å². The van der Waals surface area contributed by atoms with Gasteiger partial charge in [0.2, 0.25) is 17.7 Å². The molecule has 192 valence electrons. The first-order valence-corrected chi connectivity index (χ1v) is 12.2. The Bertz CT molecular complexity index is 1040. The first-order valence-electron chi connectivity index (χ1n) is 12.2. The Morgan fingerprint density at radius 1 is 1.00 bits per heavy atom. The number of ether oxygens (including phenoxy) is 1. The summed E-state index contributed by atoms with van der Waals surface area (Å²) >= 11 is 0. The number of aryl methyl sites for hydroxylation is 1. The molecule has 9 nitrogen and oxygen atoms in total. The van der Waals surface area contributed by atoms with Crippen LogP contribution in [-0.4, -0.2) is 60.9 Å². The van der Waals surface area contributed by atoms with E-state index in [4.69, 9.17) is 4.74 Å². The van der Waals surface area contributed by atoms with E-state index in [-0.39, 0.29) is 43.2 Å². The molecule has 1 aliphatic rings.